The molecule has 0 bridgehead atoms. The van der Waals surface area contributed by atoms with Crippen molar-refractivity contribution in [3.63, 3.8) is 0 Å². The lowest BCUT2D eigenvalue weighted by atomic mass is 9.97. The predicted octanol–water partition coefficient (Wildman–Crippen LogP) is 0.775. The summed E-state index contributed by atoms with van der Waals surface area (Å²) in [5, 5.41) is 0. The fourth-order valence-corrected chi connectivity index (χ4v) is 2.11. The van der Waals surface area contributed by atoms with E-state index >= 15 is 0 Å². The summed E-state index contributed by atoms with van der Waals surface area (Å²) < 4.78 is 0. The molecule has 1 fully saturated rings. The van der Waals surface area contributed by atoms with Gasteiger partial charge in [-0.25, -0.2) is 0 Å². The predicted molar refractivity (Wildman–Crippen MR) is 65.9 cm³/mol. The van der Waals surface area contributed by atoms with Crippen molar-refractivity contribution in [2.24, 2.45) is 11.7 Å². The van der Waals surface area contributed by atoms with Gasteiger partial charge in [0.25, 0.3) is 0 Å². The van der Waals surface area contributed by atoms with Crippen molar-refractivity contribution in [3.8, 4) is 0 Å². The second-order valence-electron chi connectivity index (χ2n) is 4.67. The Kier molecular flexibility index (Phi) is 5.91. The maximum Gasteiger partial charge on any atom is 0.0160 e. The zero-order valence-electron chi connectivity index (χ0n) is 10.2. The van der Waals surface area contributed by atoms with E-state index in [-0.39, 0.29) is 0 Å². The van der Waals surface area contributed by atoms with Gasteiger partial charge in [-0.2, -0.15) is 0 Å². The summed E-state index contributed by atoms with van der Waals surface area (Å²) in [4.78, 5) is 4.81. The number of likely N-dealkylation sites (tertiary alicyclic amines) is 1. The highest BCUT2D eigenvalue weighted by atomic mass is 15.1. The third-order valence-electron chi connectivity index (χ3n) is 3.13. The lowest BCUT2D eigenvalue weighted by molar-refractivity contribution is 0.182. The van der Waals surface area contributed by atoms with Crippen molar-refractivity contribution in [2.45, 2.75) is 12.8 Å². The van der Waals surface area contributed by atoms with Crippen molar-refractivity contribution in [1.29, 1.82) is 0 Å². The monoisotopic (exact) mass is 211 g/mol. The Labute approximate surface area is 93.9 Å². The van der Waals surface area contributed by atoms with Crippen LogP contribution < -0.4 is 5.73 Å². The molecule has 3 nitrogen and oxygen atoms in total. The first-order chi connectivity index (χ1) is 7.22. The molecule has 0 unspecified atom stereocenters. The summed E-state index contributed by atoms with van der Waals surface area (Å²) in [5.41, 5.74) is 5.40. The van der Waals surface area contributed by atoms with Crippen molar-refractivity contribution in [3.05, 3.63) is 12.2 Å². The molecule has 0 aliphatic carbocycles. The van der Waals surface area contributed by atoms with Crippen LogP contribution in [0.25, 0.3) is 0 Å². The van der Waals surface area contributed by atoms with Crippen molar-refractivity contribution >= 4 is 0 Å². The van der Waals surface area contributed by atoms with Gasteiger partial charge in [0.1, 0.15) is 0 Å². The van der Waals surface area contributed by atoms with E-state index in [2.05, 4.69) is 30.0 Å². The molecule has 0 aromatic rings. The first-order valence-electron chi connectivity index (χ1n) is 5.94. The Morgan fingerprint density at radius 2 is 2.00 bits per heavy atom. The Morgan fingerprint density at radius 3 is 2.60 bits per heavy atom. The van der Waals surface area contributed by atoms with Crippen LogP contribution in [0.15, 0.2) is 12.2 Å². The molecule has 0 amide bonds. The summed E-state index contributed by atoms with van der Waals surface area (Å²) in [6, 6.07) is 0. The summed E-state index contributed by atoms with van der Waals surface area (Å²) in [5.74, 6) is 0.887. The summed E-state index contributed by atoms with van der Waals surface area (Å²) in [6.07, 6.45) is 6.89. The largest absolute Gasteiger partial charge is 0.327 e. The Bertz CT molecular complexity index is 183. The first kappa shape index (κ1) is 12.7. The molecule has 0 saturated carbocycles. The van der Waals surface area contributed by atoms with Crippen LogP contribution in [0.5, 0.6) is 0 Å². The fourth-order valence-electron chi connectivity index (χ4n) is 2.11. The van der Waals surface area contributed by atoms with Crippen LogP contribution in [-0.4, -0.2) is 56.6 Å². The first-order valence-corrected chi connectivity index (χ1v) is 5.94. The highest BCUT2D eigenvalue weighted by Gasteiger charge is 2.17. The summed E-state index contributed by atoms with van der Waals surface area (Å²) in [7, 11) is 4.41. The zero-order valence-corrected chi connectivity index (χ0v) is 10.2. The molecule has 3 heteroatoms. The van der Waals surface area contributed by atoms with Gasteiger partial charge in [-0.05, 0) is 45.9 Å². The number of hydrogen-bond donors (Lipinski definition) is 1. The molecular formula is C12H25N3. The van der Waals surface area contributed by atoms with Crippen LogP contribution in [0.4, 0.5) is 0 Å². The van der Waals surface area contributed by atoms with Crippen molar-refractivity contribution < 1.29 is 0 Å². The topological polar surface area (TPSA) is 32.5 Å². The molecule has 0 aromatic heterocycles. The van der Waals surface area contributed by atoms with Crippen LogP contribution in [0.3, 0.4) is 0 Å². The average molecular weight is 211 g/mol. The Hall–Kier alpha value is -0.380. The molecule has 0 radical (unpaired) electrons. The number of nitrogens with zero attached hydrogens (tertiary/aromatic N) is 2. The van der Waals surface area contributed by atoms with Gasteiger partial charge in [0, 0.05) is 19.6 Å². The Morgan fingerprint density at radius 1 is 1.33 bits per heavy atom. The molecule has 1 heterocycles. The number of hydrogen-bond acceptors (Lipinski definition) is 3. The van der Waals surface area contributed by atoms with Gasteiger partial charge in [0.15, 0.2) is 0 Å². The van der Waals surface area contributed by atoms with E-state index in [1.807, 2.05) is 6.08 Å². The third-order valence-corrected chi connectivity index (χ3v) is 3.13. The Balaban J connectivity index is 2.14. The van der Waals surface area contributed by atoms with Crippen LogP contribution in [-0.2, 0) is 0 Å². The van der Waals surface area contributed by atoms with E-state index in [0.717, 1.165) is 12.5 Å². The molecule has 1 aliphatic rings. The van der Waals surface area contributed by atoms with E-state index in [1.165, 1.54) is 32.5 Å². The molecule has 1 saturated heterocycles. The smallest absolute Gasteiger partial charge is 0.0160 e. The van der Waals surface area contributed by atoms with E-state index in [1.54, 1.807) is 0 Å². The van der Waals surface area contributed by atoms with Gasteiger partial charge >= 0.3 is 0 Å². The molecule has 0 spiro atoms. The average Bonchev–Trinajstić information content (AvgIpc) is 2.22. The molecule has 88 valence electrons. The highest BCUT2D eigenvalue weighted by Crippen LogP contribution is 2.16. The quantitative estimate of drug-likeness (QED) is 0.682. The lowest BCUT2D eigenvalue weighted by Crippen LogP contribution is -2.35. The van der Waals surface area contributed by atoms with Gasteiger partial charge in [-0.3, -0.25) is 0 Å². The van der Waals surface area contributed by atoms with Gasteiger partial charge < -0.3 is 15.5 Å². The number of rotatable bonds is 5. The van der Waals surface area contributed by atoms with Gasteiger partial charge in [-0.1, -0.05) is 12.2 Å². The van der Waals surface area contributed by atoms with Gasteiger partial charge in [-0.15, -0.1) is 0 Å². The highest BCUT2D eigenvalue weighted by molar-refractivity contribution is 4.85. The minimum atomic E-state index is 0.655. The van der Waals surface area contributed by atoms with Crippen molar-refractivity contribution in [2.75, 3.05) is 46.8 Å². The third kappa shape index (κ3) is 5.30. The molecule has 0 atom stereocenters. The maximum absolute atomic E-state index is 5.40. The minimum absolute atomic E-state index is 0.655. The molecular weight excluding hydrogens is 186 g/mol. The van der Waals surface area contributed by atoms with Crippen LogP contribution in [0.1, 0.15) is 12.8 Å². The van der Waals surface area contributed by atoms with Crippen molar-refractivity contribution in [1.82, 2.24) is 9.80 Å². The maximum atomic E-state index is 5.40. The number of piperidine rings is 1. The van der Waals surface area contributed by atoms with Gasteiger partial charge in [0.2, 0.25) is 0 Å². The zero-order chi connectivity index (χ0) is 11.1. The molecule has 0 aromatic carbocycles. The molecule has 1 aliphatic heterocycles. The van der Waals surface area contributed by atoms with E-state index in [4.69, 9.17) is 5.73 Å². The van der Waals surface area contributed by atoms with Gasteiger partial charge in [0.05, 0.1) is 0 Å². The molecule has 2 N–H and O–H groups in total. The summed E-state index contributed by atoms with van der Waals surface area (Å²) in [6.45, 7) is 5.43. The molecule has 1 rings (SSSR count). The SMILES string of the molecule is CN1CCC(CN(C)CC=CCN)CC1. The van der Waals surface area contributed by atoms with E-state index in [0.29, 0.717) is 6.54 Å². The number of nitrogens with two attached hydrogens (primary N) is 1. The van der Waals surface area contributed by atoms with E-state index in [9.17, 15) is 0 Å². The summed E-state index contributed by atoms with van der Waals surface area (Å²) >= 11 is 0. The minimum Gasteiger partial charge on any atom is -0.327 e. The van der Waals surface area contributed by atoms with Crippen LogP contribution >= 0.6 is 0 Å². The van der Waals surface area contributed by atoms with E-state index < -0.39 is 0 Å². The second kappa shape index (κ2) is 6.99. The fraction of sp³-hybridized carbons (Fsp3) is 0.833. The lowest BCUT2D eigenvalue weighted by Gasteiger charge is -2.31. The standard InChI is InChI=1S/C12H25N3/c1-14-9-5-12(6-10-14)11-15(2)8-4-3-7-13/h3-4,12H,5-11,13H2,1-2H3. The normalized spacial score (nSPS) is 20.5. The number of likely N-dealkylation sites (N-methyl/N-ethyl adjacent to an activating group) is 1. The van der Waals surface area contributed by atoms with Crippen LogP contribution in [0, 0.1) is 5.92 Å². The second-order valence-corrected chi connectivity index (χ2v) is 4.67. The molecule has 15 heavy (non-hydrogen) atoms. The van der Waals surface area contributed by atoms with Crippen LogP contribution in [0.2, 0.25) is 0 Å².